The monoisotopic (exact) mass is 768 g/mol. The van der Waals surface area contributed by atoms with Crippen molar-refractivity contribution in [3.8, 4) is 11.1 Å². The maximum atomic E-state index is 14.4. The first-order valence-electron chi connectivity index (χ1n) is 19.7. The van der Waals surface area contributed by atoms with Crippen molar-refractivity contribution in [2.45, 2.75) is 109 Å². The molecule has 6 atom stereocenters. The van der Waals surface area contributed by atoms with E-state index in [4.69, 9.17) is 13.9 Å². The number of aliphatic hydroxyl groups excluding tert-OH is 1. The molecule has 5 rings (SSSR count). The van der Waals surface area contributed by atoms with Crippen LogP contribution in [0.1, 0.15) is 76.5 Å². The number of hydrogen-bond acceptors (Lipinski definition) is 7. The van der Waals surface area contributed by atoms with Gasteiger partial charge in [0.05, 0.1) is 6.10 Å². The minimum absolute atomic E-state index is 0.0501. The molecular weight excluding hydrogens is 709 g/mol. The zero-order valence-corrected chi connectivity index (χ0v) is 34.6. The van der Waals surface area contributed by atoms with Crippen LogP contribution in [0.4, 0.5) is 4.79 Å². The number of alkyl carbamates (subject to hydrolysis) is 1. The Morgan fingerprint density at radius 2 is 1.55 bits per heavy atom. The van der Waals surface area contributed by atoms with E-state index in [9.17, 15) is 19.5 Å². The van der Waals surface area contributed by atoms with Gasteiger partial charge >= 0.3 is 12.1 Å². The minimum atomic E-state index is -2.23. The van der Waals surface area contributed by atoms with Crippen molar-refractivity contribution in [1.82, 2.24) is 10.2 Å². The van der Waals surface area contributed by atoms with Crippen LogP contribution in [0.15, 0.2) is 91.5 Å². The number of nitrogens with zero attached hydrogens (tertiary/aromatic N) is 1. The number of carbonyl (C=O) groups excluding carboxylic acids is 3. The predicted molar refractivity (Wildman–Crippen MR) is 219 cm³/mol. The average Bonchev–Trinajstić information content (AvgIpc) is 3.79. The first-order chi connectivity index (χ1) is 26.1. The Kier molecular flexibility index (Phi) is 13.8. The van der Waals surface area contributed by atoms with E-state index in [-0.39, 0.29) is 54.4 Å². The second-order valence-electron chi connectivity index (χ2n) is 16.8. The van der Waals surface area contributed by atoms with Gasteiger partial charge in [0.25, 0.3) is 0 Å². The Morgan fingerprint density at radius 1 is 0.945 bits per heavy atom. The number of likely N-dealkylation sites (tertiary alicyclic amines) is 1. The SMILES string of the molecule is C=C[C@H](C)[C@@H](C[C@H](O[Si](C)(C)C(C)(C)C)[C@@H](C)CO)OC(=O)[C@@H]1CCCN1C(=O)[C@@H](Cc1ccccc1)NC(=O)OCC1c2ccccc2-c2ccccc21. The fourth-order valence-corrected chi connectivity index (χ4v) is 8.79. The number of benzene rings is 3. The van der Waals surface area contributed by atoms with Gasteiger partial charge in [-0.3, -0.25) is 4.79 Å². The molecule has 1 aliphatic heterocycles. The van der Waals surface area contributed by atoms with Crippen molar-refractivity contribution in [2.24, 2.45) is 11.8 Å². The summed E-state index contributed by atoms with van der Waals surface area (Å²) in [6, 6.07) is 24.0. The average molecular weight is 769 g/mol. The molecule has 2 aliphatic rings. The second-order valence-corrected chi connectivity index (χ2v) is 21.5. The Labute approximate surface area is 328 Å². The zero-order chi connectivity index (χ0) is 39.9. The highest BCUT2D eigenvalue weighted by Crippen LogP contribution is 2.44. The first-order valence-corrected chi connectivity index (χ1v) is 22.6. The summed E-state index contributed by atoms with van der Waals surface area (Å²) >= 11 is 0. The molecule has 2 amide bonds. The lowest BCUT2D eigenvalue weighted by Crippen LogP contribution is -2.53. The summed E-state index contributed by atoms with van der Waals surface area (Å²) < 4.78 is 18.9. The van der Waals surface area contributed by atoms with Crippen molar-refractivity contribution in [2.75, 3.05) is 19.8 Å². The van der Waals surface area contributed by atoms with Crippen LogP contribution in [-0.2, 0) is 29.9 Å². The van der Waals surface area contributed by atoms with Crippen molar-refractivity contribution < 1.29 is 33.4 Å². The van der Waals surface area contributed by atoms with Crippen LogP contribution in [0, 0.1) is 11.8 Å². The lowest BCUT2D eigenvalue weighted by atomic mass is 9.93. The zero-order valence-electron chi connectivity index (χ0n) is 33.6. The summed E-state index contributed by atoms with van der Waals surface area (Å²) in [6.07, 6.45) is 1.82. The van der Waals surface area contributed by atoms with Gasteiger partial charge < -0.3 is 29.2 Å². The molecular formula is C45H60N2O7Si. The van der Waals surface area contributed by atoms with Gasteiger partial charge in [0.2, 0.25) is 5.91 Å². The van der Waals surface area contributed by atoms with Gasteiger partial charge in [-0.2, -0.15) is 0 Å². The highest BCUT2D eigenvalue weighted by molar-refractivity contribution is 6.74. The Morgan fingerprint density at radius 3 is 2.13 bits per heavy atom. The number of amides is 2. The van der Waals surface area contributed by atoms with Gasteiger partial charge in [-0.1, -0.05) is 120 Å². The summed E-state index contributed by atoms with van der Waals surface area (Å²) in [5.41, 5.74) is 5.31. The number of fused-ring (bicyclic) bond motifs is 3. The molecule has 0 bridgehead atoms. The maximum Gasteiger partial charge on any atom is 0.407 e. The quantitative estimate of drug-likeness (QED) is 0.0857. The molecule has 2 N–H and O–H groups in total. The van der Waals surface area contributed by atoms with Crippen molar-refractivity contribution in [3.63, 3.8) is 0 Å². The van der Waals surface area contributed by atoms with E-state index in [1.807, 2.05) is 68.4 Å². The molecule has 1 saturated heterocycles. The summed E-state index contributed by atoms with van der Waals surface area (Å²) in [7, 11) is -2.23. The standard InChI is InChI=1S/C45H60N2O7Si/c1-9-30(2)40(27-41(31(3)28-48)54-55(7,8)45(4,5)6)53-43(50)39-24-17-25-47(39)42(49)38(26-32-18-11-10-12-19-32)46-44(51)52-29-37-35-22-15-13-20-33(35)34-21-14-16-23-36(34)37/h9-16,18-23,30-31,37-41,48H,1,17,24-29H2,2-8H3,(H,46,51)/t30-,31-,38+,39-,40+,41-/m0/s1. The molecule has 0 aromatic heterocycles. The molecule has 3 aromatic rings. The molecule has 10 heteroatoms. The lowest BCUT2D eigenvalue weighted by molar-refractivity contribution is -0.161. The molecule has 1 heterocycles. The van der Waals surface area contributed by atoms with Crippen LogP contribution >= 0.6 is 0 Å². The normalized spacial score (nSPS) is 18.3. The molecule has 1 fully saturated rings. The van der Waals surface area contributed by atoms with E-state index in [2.05, 4.69) is 70.0 Å². The van der Waals surface area contributed by atoms with E-state index in [1.165, 1.54) is 0 Å². The third kappa shape index (κ3) is 9.95. The third-order valence-electron chi connectivity index (χ3n) is 11.9. The largest absolute Gasteiger partial charge is 0.460 e. The van der Waals surface area contributed by atoms with E-state index >= 15 is 0 Å². The Balaban J connectivity index is 1.30. The van der Waals surface area contributed by atoms with Crippen LogP contribution in [-0.4, -0.2) is 80.3 Å². The smallest absolute Gasteiger partial charge is 0.407 e. The first kappa shape index (κ1) is 41.9. The molecule has 55 heavy (non-hydrogen) atoms. The molecule has 3 aromatic carbocycles. The van der Waals surface area contributed by atoms with Crippen LogP contribution < -0.4 is 5.32 Å². The van der Waals surface area contributed by atoms with E-state index < -0.39 is 38.6 Å². The number of ether oxygens (including phenoxy) is 2. The molecule has 296 valence electrons. The molecule has 0 unspecified atom stereocenters. The maximum absolute atomic E-state index is 14.4. The number of carbonyl (C=O) groups is 3. The number of rotatable bonds is 16. The summed E-state index contributed by atoms with van der Waals surface area (Å²) in [5, 5.41) is 13.0. The predicted octanol–water partition coefficient (Wildman–Crippen LogP) is 8.27. The topological polar surface area (TPSA) is 114 Å². The van der Waals surface area contributed by atoms with Gasteiger partial charge in [0.15, 0.2) is 8.32 Å². The number of esters is 1. The van der Waals surface area contributed by atoms with Crippen LogP contribution in [0.25, 0.3) is 11.1 Å². The lowest BCUT2D eigenvalue weighted by Gasteiger charge is -2.42. The highest BCUT2D eigenvalue weighted by atomic mass is 28.4. The minimum Gasteiger partial charge on any atom is -0.460 e. The highest BCUT2D eigenvalue weighted by Gasteiger charge is 2.43. The van der Waals surface area contributed by atoms with E-state index in [0.29, 0.717) is 25.8 Å². The van der Waals surface area contributed by atoms with Crippen molar-refractivity contribution >= 4 is 26.3 Å². The molecule has 0 radical (unpaired) electrons. The van der Waals surface area contributed by atoms with Gasteiger partial charge in [-0.25, -0.2) is 9.59 Å². The summed E-state index contributed by atoms with van der Waals surface area (Å²) in [6.45, 7) is 19.1. The van der Waals surface area contributed by atoms with Crippen LogP contribution in [0.2, 0.25) is 18.1 Å². The molecule has 0 saturated carbocycles. The Bertz CT molecular complexity index is 1750. The van der Waals surface area contributed by atoms with E-state index in [0.717, 1.165) is 27.8 Å². The van der Waals surface area contributed by atoms with E-state index in [1.54, 1.807) is 11.0 Å². The van der Waals surface area contributed by atoms with Crippen molar-refractivity contribution in [1.29, 1.82) is 0 Å². The van der Waals surface area contributed by atoms with Gasteiger partial charge in [0, 0.05) is 43.7 Å². The van der Waals surface area contributed by atoms with Gasteiger partial charge in [-0.15, -0.1) is 6.58 Å². The summed E-state index contributed by atoms with van der Waals surface area (Å²) in [5.74, 6) is -1.37. The fraction of sp³-hybridized carbons (Fsp3) is 0.489. The Hall–Kier alpha value is -4.25. The second kappa shape index (κ2) is 18.1. The van der Waals surface area contributed by atoms with Crippen LogP contribution in [0.5, 0.6) is 0 Å². The number of aliphatic hydroxyl groups is 1. The summed E-state index contributed by atoms with van der Waals surface area (Å²) in [4.78, 5) is 43.6. The van der Waals surface area contributed by atoms with Gasteiger partial charge in [-0.05, 0) is 58.8 Å². The molecule has 0 spiro atoms. The van der Waals surface area contributed by atoms with Gasteiger partial charge in [0.1, 0.15) is 24.8 Å². The fourth-order valence-electron chi connectivity index (χ4n) is 7.36. The molecule has 9 nitrogen and oxygen atoms in total. The van der Waals surface area contributed by atoms with Crippen molar-refractivity contribution in [3.05, 3.63) is 108 Å². The van der Waals surface area contributed by atoms with Crippen LogP contribution in [0.3, 0.4) is 0 Å². The number of hydrogen-bond donors (Lipinski definition) is 2. The molecule has 1 aliphatic carbocycles. The third-order valence-corrected chi connectivity index (χ3v) is 16.4. The number of nitrogens with one attached hydrogen (secondary N) is 1.